The number of halogens is 2. The molecule has 10 nitrogen and oxygen atoms in total. The second kappa shape index (κ2) is 14.6. The molecular weight excluding hydrogens is 672 g/mol. The predicted molar refractivity (Wildman–Crippen MR) is 178 cm³/mol. The Labute approximate surface area is 287 Å². The van der Waals surface area contributed by atoms with E-state index >= 15 is 0 Å². The molecule has 4 aromatic carbocycles. The third kappa shape index (κ3) is 7.21. The van der Waals surface area contributed by atoms with Crippen LogP contribution in [0, 0.1) is 17.6 Å². The van der Waals surface area contributed by atoms with Gasteiger partial charge in [-0.15, -0.1) is 0 Å². The number of hydrogen-bond acceptors (Lipinski definition) is 9. The van der Waals surface area contributed by atoms with Crippen LogP contribution >= 0.6 is 0 Å². The van der Waals surface area contributed by atoms with Gasteiger partial charge in [0.25, 0.3) is 0 Å². The highest BCUT2D eigenvalue weighted by Gasteiger charge is 2.48. The van der Waals surface area contributed by atoms with Crippen molar-refractivity contribution in [3.63, 3.8) is 0 Å². The Balaban J connectivity index is 1.18. The lowest BCUT2D eigenvalue weighted by molar-refractivity contribution is -0.223. The smallest absolute Gasteiger partial charge is 0.233 e. The molecule has 6 rings (SSSR count). The summed E-state index contributed by atoms with van der Waals surface area (Å²) in [4.78, 5) is 15.0. The first-order valence-electron chi connectivity index (χ1n) is 16.1. The first kappa shape index (κ1) is 35.7. The van der Waals surface area contributed by atoms with E-state index in [9.17, 15) is 47.5 Å². The van der Waals surface area contributed by atoms with Crippen LogP contribution in [0.5, 0.6) is 0 Å². The maximum Gasteiger partial charge on any atom is 0.233 e. The van der Waals surface area contributed by atoms with Crippen molar-refractivity contribution < 1.29 is 52.3 Å². The number of β-lactam (4-membered cyclic amide) rings is 1. The van der Waals surface area contributed by atoms with Gasteiger partial charge >= 0.3 is 0 Å². The van der Waals surface area contributed by atoms with Crippen molar-refractivity contribution in [2.75, 3.05) is 17.3 Å². The van der Waals surface area contributed by atoms with Crippen LogP contribution in [0.3, 0.4) is 0 Å². The maximum atomic E-state index is 13.7. The first-order chi connectivity index (χ1) is 23.9. The molecule has 50 heavy (non-hydrogen) atoms. The molecule has 5 N–H and O–H groups in total. The Morgan fingerprint density at radius 3 is 1.86 bits per heavy atom. The van der Waals surface area contributed by atoms with E-state index in [1.54, 1.807) is 17.0 Å². The largest absolute Gasteiger partial charge is 0.394 e. The molecule has 2 aliphatic heterocycles. The molecule has 0 radical (unpaired) electrons. The minimum absolute atomic E-state index is 0.0524. The highest BCUT2D eigenvalue weighted by Crippen LogP contribution is 2.46. The van der Waals surface area contributed by atoms with Crippen molar-refractivity contribution in [3.05, 3.63) is 120 Å². The summed E-state index contributed by atoms with van der Waals surface area (Å²) in [6.45, 7) is -0.669. The van der Waals surface area contributed by atoms with E-state index in [1.807, 2.05) is 24.3 Å². The SMILES string of the molecule is O=C1[C@H](CC[C@H](O)c2ccc(F)cc2)[C@@H](c2ccc(-c3ccc(S(=O)(=O)CC4O[C@H](CO)[C@@H](O)[C@H](O)[C@H]4O)cc3)cc2)N1c1ccc(F)cc1. The molecule has 0 spiro atoms. The Morgan fingerprint density at radius 2 is 1.28 bits per heavy atom. The summed E-state index contributed by atoms with van der Waals surface area (Å²) >= 11 is 0. The molecule has 1 amide bonds. The first-order valence-corrected chi connectivity index (χ1v) is 17.8. The lowest BCUT2D eigenvalue weighted by atomic mass is 9.78. The van der Waals surface area contributed by atoms with Gasteiger partial charge in [0.2, 0.25) is 5.91 Å². The Bertz CT molecular complexity index is 1890. The molecule has 264 valence electrons. The van der Waals surface area contributed by atoms with Gasteiger partial charge < -0.3 is 35.2 Å². The highest BCUT2D eigenvalue weighted by molar-refractivity contribution is 7.91. The van der Waals surface area contributed by atoms with E-state index in [0.29, 0.717) is 23.2 Å². The van der Waals surface area contributed by atoms with Gasteiger partial charge in [0, 0.05) is 5.69 Å². The predicted octanol–water partition coefficient (Wildman–Crippen LogP) is 3.47. The van der Waals surface area contributed by atoms with E-state index in [1.165, 1.54) is 60.7 Å². The number of sulfone groups is 1. The van der Waals surface area contributed by atoms with E-state index < -0.39 is 82.4 Å². The van der Waals surface area contributed by atoms with Crippen LogP contribution in [0.25, 0.3) is 11.1 Å². The summed E-state index contributed by atoms with van der Waals surface area (Å²) in [5, 5.41) is 50.5. The molecular formula is C37H37F2NO9S. The number of benzene rings is 4. The van der Waals surface area contributed by atoms with Crippen LogP contribution in [0.4, 0.5) is 14.5 Å². The molecule has 13 heteroatoms. The third-order valence-electron chi connectivity index (χ3n) is 9.50. The van der Waals surface area contributed by atoms with Crippen molar-refractivity contribution in [2.24, 2.45) is 5.92 Å². The third-order valence-corrected chi connectivity index (χ3v) is 11.3. The van der Waals surface area contributed by atoms with Crippen molar-refractivity contribution in [3.8, 4) is 11.1 Å². The van der Waals surface area contributed by atoms with Crippen molar-refractivity contribution in [2.45, 2.75) is 60.4 Å². The standard InChI is InChI=1S/C37H37F2NO9S/c38-25-9-5-23(6-10-25)30(42)18-17-29-33(40(37(29)46)27-13-11-26(39)12-14-27)24-3-1-21(2-4-24)22-7-15-28(16-8-22)50(47,48)20-32-35(44)36(45)34(43)31(19-41)49-32/h1-16,29-36,41-45H,17-20H2/t29-,30+,31-,32?,33-,34-,35+,36+/m1/s1. The second-order valence-corrected chi connectivity index (χ2v) is 14.7. The van der Waals surface area contributed by atoms with Gasteiger partial charge in [-0.25, -0.2) is 17.2 Å². The number of amides is 1. The number of carbonyl (C=O) groups excluding carboxylic acids is 1. The maximum absolute atomic E-state index is 13.7. The van der Waals surface area contributed by atoms with E-state index in [2.05, 4.69) is 0 Å². The van der Waals surface area contributed by atoms with Crippen LogP contribution in [-0.4, -0.2) is 82.7 Å². The number of carbonyl (C=O) groups is 1. The van der Waals surface area contributed by atoms with Gasteiger partial charge in [-0.3, -0.25) is 4.79 Å². The van der Waals surface area contributed by atoms with Crippen LogP contribution in [0.2, 0.25) is 0 Å². The van der Waals surface area contributed by atoms with Crippen LogP contribution in [0.1, 0.15) is 36.1 Å². The molecule has 4 aromatic rings. The number of aliphatic hydroxyl groups excluding tert-OH is 5. The highest BCUT2D eigenvalue weighted by atomic mass is 32.2. The molecule has 1 unspecified atom stereocenters. The number of rotatable bonds is 11. The zero-order chi connectivity index (χ0) is 35.7. The molecule has 2 heterocycles. The molecule has 2 aliphatic rings. The number of aliphatic hydroxyl groups is 5. The fourth-order valence-corrected chi connectivity index (χ4v) is 8.10. The molecule has 2 saturated heterocycles. The van der Waals surface area contributed by atoms with Crippen molar-refractivity contribution >= 4 is 21.4 Å². The summed E-state index contributed by atoms with van der Waals surface area (Å²) in [5.74, 6) is -2.18. The monoisotopic (exact) mass is 709 g/mol. The van der Waals surface area contributed by atoms with Crippen LogP contribution < -0.4 is 4.90 Å². The van der Waals surface area contributed by atoms with E-state index in [4.69, 9.17) is 4.74 Å². The van der Waals surface area contributed by atoms with Crippen molar-refractivity contribution in [1.29, 1.82) is 0 Å². The Kier molecular flexibility index (Phi) is 10.5. The van der Waals surface area contributed by atoms with Gasteiger partial charge in [0.1, 0.15) is 42.2 Å². The average molecular weight is 710 g/mol. The summed E-state index contributed by atoms with van der Waals surface area (Å²) in [7, 11) is -4.01. The van der Waals surface area contributed by atoms with E-state index in [0.717, 1.165) is 11.1 Å². The van der Waals surface area contributed by atoms with Gasteiger partial charge in [0.05, 0.1) is 35.3 Å². The lowest BCUT2D eigenvalue weighted by Crippen LogP contribution is -2.60. The van der Waals surface area contributed by atoms with Crippen molar-refractivity contribution in [1.82, 2.24) is 0 Å². The molecule has 2 fully saturated rings. The van der Waals surface area contributed by atoms with Gasteiger partial charge in [-0.1, -0.05) is 48.5 Å². The summed E-state index contributed by atoms with van der Waals surface area (Å²) in [6.07, 6.45) is -7.83. The molecule has 0 saturated carbocycles. The molecule has 0 aliphatic carbocycles. The molecule has 0 aromatic heterocycles. The summed E-state index contributed by atoms with van der Waals surface area (Å²) < 4.78 is 58.8. The van der Waals surface area contributed by atoms with Gasteiger partial charge in [-0.2, -0.15) is 0 Å². The quantitative estimate of drug-likeness (QED) is 0.147. The second-order valence-electron chi connectivity index (χ2n) is 12.7. The zero-order valence-corrected chi connectivity index (χ0v) is 27.5. The number of ether oxygens (including phenoxy) is 1. The number of hydrogen-bond donors (Lipinski definition) is 5. The molecule has 0 bridgehead atoms. The Hall–Kier alpha value is -4.08. The van der Waals surface area contributed by atoms with Gasteiger partial charge in [0.15, 0.2) is 9.84 Å². The number of anilines is 1. The van der Waals surface area contributed by atoms with Crippen LogP contribution in [0.15, 0.2) is 102 Å². The molecule has 8 atom stereocenters. The zero-order valence-electron chi connectivity index (χ0n) is 26.7. The summed E-state index contributed by atoms with van der Waals surface area (Å²) in [6, 6.07) is 24.2. The Morgan fingerprint density at radius 1 is 0.740 bits per heavy atom. The normalized spacial score (nSPS) is 26.0. The van der Waals surface area contributed by atoms with Gasteiger partial charge in [-0.05, 0) is 83.6 Å². The fourth-order valence-electron chi connectivity index (χ4n) is 6.65. The topological polar surface area (TPSA) is 165 Å². The van der Waals surface area contributed by atoms with Crippen LogP contribution in [-0.2, 0) is 19.4 Å². The number of nitrogens with zero attached hydrogens (tertiary/aromatic N) is 1. The average Bonchev–Trinajstić information content (AvgIpc) is 3.12. The lowest BCUT2D eigenvalue weighted by Gasteiger charge is -2.48. The minimum Gasteiger partial charge on any atom is -0.394 e. The fraction of sp³-hybridized carbons (Fsp3) is 0.324. The van der Waals surface area contributed by atoms with E-state index in [-0.39, 0.29) is 17.2 Å². The summed E-state index contributed by atoms with van der Waals surface area (Å²) in [5.41, 5.74) is 3.33. The minimum atomic E-state index is -4.01.